The van der Waals surface area contributed by atoms with E-state index >= 15 is 0 Å². The van der Waals surface area contributed by atoms with Gasteiger partial charge >= 0.3 is 0 Å². The molecular weight excluding hydrogens is 174 g/mol. The number of carbonyl (C=O) groups excluding carboxylic acids is 1. The minimum atomic E-state index is -0.136. The second kappa shape index (κ2) is 4.50. The molecule has 2 nitrogen and oxygen atoms in total. The van der Waals surface area contributed by atoms with Crippen LogP contribution in [0.3, 0.4) is 0 Å². The average Bonchev–Trinajstić information content (AvgIpc) is 2.54. The predicted octanol–water partition coefficient (Wildman–Crippen LogP) is 2.09. The highest BCUT2D eigenvalue weighted by Gasteiger charge is 2.36. The van der Waals surface area contributed by atoms with Crippen LogP contribution in [-0.4, -0.2) is 11.9 Å². The quantitative estimate of drug-likeness (QED) is 0.683. The fourth-order valence-electron chi connectivity index (χ4n) is 2.01. The Morgan fingerprint density at radius 2 is 2.14 bits per heavy atom. The second-order valence-electron chi connectivity index (χ2n) is 4.55. The summed E-state index contributed by atoms with van der Waals surface area (Å²) in [6.07, 6.45) is 10.2. The van der Waals surface area contributed by atoms with Gasteiger partial charge in [0.1, 0.15) is 0 Å². The van der Waals surface area contributed by atoms with Gasteiger partial charge in [0.15, 0.2) is 0 Å². The molecule has 1 aliphatic carbocycles. The van der Waals surface area contributed by atoms with Crippen LogP contribution < -0.4 is 5.32 Å². The number of rotatable bonds is 3. The molecule has 0 heterocycles. The summed E-state index contributed by atoms with van der Waals surface area (Å²) in [6.45, 7) is 4.01. The van der Waals surface area contributed by atoms with Crippen molar-refractivity contribution in [3.8, 4) is 12.3 Å². The Kier molecular flexibility index (Phi) is 3.57. The summed E-state index contributed by atoms with van der Waals surface area (Å²) >= 11 is 0. The SMILES string of the molecule is C#CCC(C)NC(=O)C1(C)CCCC1. The molecule has 1 rings (SSSR count). The Morgan fingerprint density at radius 3 is 2.64 bits per heavy atom. The summed E-state index contributed by atoms with van der Waals surface area (Å²) in [5.74, 6) is 2.74. The Balaban J connectivity index is 2.45. The Morgan fingerprint density at radius 1 is 1.57 bits per heavy atom. The fraction of sp³-hybridized carbons (Fsp3) is 0.750. The van der Waals surface area contributed by atoms with E-state index in [-0.39, 0.29) is 17.4 Å². The van der Waals surface area contributed by atoms with Gasteiger partial charge in [0, 0.05) is 17.9 Å². The zero-order chi connectivity index (χ0) is 10.6. The van der Waals surface area contributed by atoms with Crippen molar-refractivity contribution in [2.45, 2.75) is 52.0 Å². The van der Waals surface area contributed by atoms with Crippen molar-refractivity contribution in [3.05, 3.63) is 0 Å². The number of nitrogens with one attached hydrogen (secondary N) is 1. The van der Waals surface area contributed by atoms with Crippen molar-refractivity contribution in [2.75, 3.05) is 0 Å². The molecule has 1 unspecified atom stereocenters. The molecule has 2 heteroatoms. The first-order valence-electron chi connectivity index (χ1n) is 5.33. The molecule has 1 saturated carbocycles. The third-order valence-electron chi connectivity index (χ3n) is 3.06. The first-order valence-corrected chi connectivity index (χ1v) is 5.33. The van der Waals surface area contributed by atoms with Crippen LogP contribution in [0.15, 0.2) is 0 Å². The molecule has 1 aliphatic rings. The maximum Gasteiger partial charge on any atom is 0.226 e. The van der Waals surface area contributed by atoms with E-state index < -0.39 is 0 Å². The molecule has 1 N–H and O–H groups in total. The van der Waals surface area contributed by atoms with Gasteiger partial charge in [-0.2, -0.15) is 0 Å². The van der Waals surface area contributed by atoms with Gasteiger partial charge in [-0.3, -0.25) is 4.79 Å². The lowest BCUT2D eigenvalue weighted by molar-refractivity contribution is -0.130. The van der Waals surface area contributed by atoms with Crippen molar-refractivity contribution in [1.29, 1.82) is 0 Å². The van der Waals surface area contributed by atoms with Crippen LogP contribution in [0, 0.1) is 17.8 Å². The van der Waals surface area contributed by atoms with E-state index in [9.17, 15) is 4.79 Å². The molecule has 0 aliphatic heterocycles. The fourth-order valence-corrected chi connectivity index (χ4v) is 2.01. The van der Waals surface area contributed by atoms with E-state index in [4.69, 9.17) is 6.42 Å². The molecule has 1 amide bonds. The number of amides is 1. The third kappa shape index (κ3) is 2.51. The number of terminal acetylenes is 1. The molecule has 0 bridgehead atoms. The van der Waals surface area contributed by atoms with Crippen molar-refractivity contribution in [2.24, 2.45) is 5.41 Å². The number of hydrogen-bond donors (Lipinski definition) is 1. The van der Waals surface area contributed by atoms with Crippen molar-refractivity contribution >= 4 is 5.91 Å². The molecule has 0 aromatic heterocycles. The predicted molar refractivity (Wildman–Crippen MR) is 57.6 cm³/mol. The van der Waals surface area contributed by atoms with Crippen LogP contribution in [0.25, 0.3) is 0 Å². The minimum Gasteiger partial charge on any atom is -0.352 e. The second-order valence-corrected chi connectivity index (χ2v) is 4.55. The highest BCUT2D eigenvalue weighted by atomic mass is 16.2. The molecule has 0 radical (unpaired) electrons. The van der Waals surface area contributed by atoms with E-state index in [0.29, 0.717) is 6.42 Å². The Bertz CT molecular complexity index is 246. The lowest BCUT2D eigenvalue weighted by Gasteiger charge is -2.24. The molecule has 1 atom stereocenters. The molecule has 0 saturated heterocycles. The van der Waals surface area contributed by atoms with E-state index in [1.54, 1.807) is 0 Å². The standard InChI is InChI=1S/C12H19NO/c1-4-7-10(2)13-11(14)12(3)8-5-6-9-12/h1,10H,5-9H2,2-3H3,(H,13,14). The van der Waals surface area contributed by atoms with Crippen LogP contribution >= 0.6 is 0 Å². The van der Waals surface area contributed by atoms with Crippen molar-refractivity contribution < 1.29 is 4.79 Å². The highest BCUT2D eigenvalue weighted by Crippen LogP contribution is 2.37. The van der Waals surface area contributed by atoms with Gasteiger partial charge in [-0.05, 0) is 19.8 Å². The van der Waals surface area contributed by atoms with Crippen LogP contribution in [-0.2, 0) is 4.79 Å². The zero-order valence-electron chi connectivity index (χ0n) is 9.10. The van der Waals surface area contributed by atoms with E-state index in [2.05, 4.69) is 18.2 Å². The van der Waals surface area contributed by atoms with Gasteiger partial charge in [0.2, 0.25) is 5.91 Å². The first kappa shape index (κ1) is 11.1. The van der Waals surface area contributed by atoms with Crippen LogP contribution in [0.2, 0.25) is 0 Å². The van der Waals surface area contributed by atoms with Gasteiger partial charge < -0.3 is 5.32 Å². The molecule has 1 fully saturated rings. The summed E-state index contributed by atoms with van der Waals surface area (Å²) in [5.41, 5.74) is -0.136. The normalized spacial score (nSPS) is 21.2. The van der Waals surface area contributed by atoms with Gasteiger partial charge in [-0.1, -0.05) is 19.8 Å². The van der Waals surface area contributed by atoms with Crippen LogP contribution in [0.1, 0.15) is 46.0 Å². The highest BCUT2D eigenvalue weighted by molar-refractivity contribution is 5.82. The first-order chi connectivity index (χ1) is 6.58. The summed E-state index contributed by atoms with van der Waals surface area (Å²) < 4.78 is 0. The van der Waals surface area contributed by atoms with Gasteiger partial charge in [-0.15, -0.1) is 12.3 Å². The number of hydrogen-bond acceptors (Lipinski definition) is 1. The molecule has 0 aromatic rings. The maximum atomic E-state index is 11.9. The molecule has 78 valence electrons. The number of carbonyl (C=O) groups is 1. The summed E-state index contributed by atoms with van der Waals surface area (Å²) in [5, 5.41) is 2.98. The van der Waals surface area contributed by atoms with Crippen molar-refractivity contribution in [1.82, 2.24) is 5.32 Å². The van der Waals surface area contributed by atoms with Crippen LogP contribution in [0.5, 0.6) is 0 Å². The summed E-state index contributed by atoms with van der Waals surface area (Å²) in [4.78, 5) is 11.9. The molecule has 0 spiro atoms. The molecule has 14 heavy (non-hydrogen) atoms. The third-order valence-corrected chi connectivity index (χ3v) is 3.06. The smallest absolute Gasteiger partial charge is 0.226 e. The van der Waals surface area contributed by atoms with E-state index in [0.717, 1.165) is 12.8 Å². The average molecular weight is 193 g/mol. The topological polar surface area (TPSA) is 29.1 Å². The van der Waals surface area contributed by atoms with Gasteiger partial charge in [0.05, 0.1) is 0 Å². The van der Waals surface area contributed by atoms with Gasteiger partial charge in [-0.25, -0.2) is 0 Å². The lowest BCUT2D eigenvalue weighted by Crippen LogP contribution is -2.41. The molecular formula is C12H19NO. The van der Waals surface area contributed by atoms with E-state index in [1.807, 2.05) is 6.92 Å². The van der Waals surface area contributed by atoms with E-state index in [1.165, 1.54) is 12.8 Å². The minimum absolute atomic E-state index is 0.102. The molecule has 0 aromatic carbocycles. The maximum absolute atomic E-state index is 11.9. The zero-order valence-corrected chi connectivity index (χ0v) is 9.10. The lowest BCUT2D eigenvalue weighted by atomic mass is 9.87. The van der Waals surface area contributed by atoms with Gasteiger partial charge in [0.25, 0.3) is 0 Å². The largest absolute Gasteiger partial charge is 0.352 e. The van der Waals surface area contributed by atoms with Crippen molar-refractivity contribution in [3.63, 3.8) is 0 Å². The summed E-state index contributed by atoms with van der Waals surface area (Å²) in [7, 11) is 0. The monoisotopic (exact) mass is 193 g/mol. The Hall–Kier alpha value is -0.970. The Labute approximate surface area is 86.5 Å². The van der Waals surface area contributed by atoms with Crippen LogP contribution in [0.4, 0.5) is 0 Å². The summed E-state index contributed by atoms with van der Waals surface area (Å²) in [6, 6.07) is 0.102.